The van der Waals surface area contributed by atoms with Crippen LogP contribution < -0.4 is 0 Å². The summed E-state index contributed by atoms with van der Waals surface area (Å²) in [5.74, 6) is 2.30. The second kappa shape index (κ2) is 3.32. The van der Waals surface area contributed by atoms with E-state index in [2.05, 4.69) is 10.8 Å². The van der Waals surface area contributed by atoms with Crippen molar-refractivity contribution in [3.05, 3.63) is 0 Å². The normalized spacial score (nSPS) is 4.40. The first-order chi connectivity index (χ1) is 2.41. The van der Waals surface area contributed by atoms with E-state index in [1.165, 1.54) is 0 Å². The van der Waals surface area contributed by atoms with Crippen molar-refractivity contribution in [3.63, 3.8) is 0 Å². The Kier molecular flexibility index (Phi) is 2.87. The molecule has 0 aliphatic carbocycles. The standard InChI is InChI=1S/C3H4O2/c1-2-3-5-4/h4H,1H3. The summed E-state index contributed by atoms with van der Waals surface area (Å²) < 4.78 is 0. The van der Waals surface area contributed by atoms with E-state index in [1.54, 1.807) is 6.92 Å². The Bertz CT molecular complexity index is 57.0. The van der Waals surface area contributed by atoms with Gasteiger partial charge in [-0.15, -0.1) is 0 Å². The molecule has 28 valence electrons. The van der Waals surface area contributed by atoms with Crippen LogP contribution >= 0.6 is 0 Å². The average molecular weight is 72.1 g/mol. The summed E-state index contributed by atoms with van der Waals surface area (Å²) in [5.41, 5.74) is 0. The van der Waals surface area contributed by atoms with Gasteiger partial charge in [0.2, 0.25) is 0 Å². The molecule has 2 nitrogen and oxygen atoms in total. The van der Waals surface area contributed by atoms with Gasteiger partial charge in [0.05, 0.1) is 0 Å². The molecule has 0 spiro atoms. The maximum Gasteiger partial charge on any atom is 0.156 e. The SMILES string of the molecule is CC#COO. The van der Waals surface area contributed by atoms with Gasteiger partial charge in [-0.1, -0.05) is 5.92 Å². The minimum absolute atomic E-state index is 1.57. The van der Waals surface area contributed by atoms with Gasteiger partial charge in [0.1, 0.15) is 0 Å². The van der Waals surface area contributed by atoms with Gasteiger partial charge in [-0.3, -0.25) is 4.89 Å². The van der Waals surface area contributed by atoms with Crippen LogP contribution in [0.15, 0.2) is 0 Å². The van der Waals surface area contributed by atoms with E-state index in [4.69, 9.17) is 5.26 Å². The molecule has 0 heterocycles. The van der Waals surface area contributed by atoms with Crippen LogP contribution in [0.4, 0.5) is 0 Å². The van der Waals surface area contributed by atoms with E-state index in [-0.39, 0.29) is 0 Å². The number of hydrogen-bond donors (Lipinski definition) is 1. The fourth-order valence-corrected chi connectivity index (χ4v) is 0.0456. The van der Waals surface area contributed by atoms with Gasteiger partial charge in [-0.25, -0.2) is 0 Å². The van der Waals surface area contributed by atoms with Gasteiger partial charge >= 0.3 is 0 Å². The minimum atomic E-state index is 1.57. The molecule has 0 radical (unpaired) electrons. The number of rotatable bonds is 0. The predicted octanol–water partition coefficient (Wildman–Crippen LogP) is 0.457. The summed E-state index contributed by atoms with van der Waals surface area (Å²) in [6.45, 7) is 1.57. The lowest BCUT2D eigenvalue weighted by Gasteiger charge is -1.65. The van der Waals surface area contributed by atoms with Crippen molar-refractivity contribution in [1.29, 1.82) is 0 Å². The molecule has 5 heavy (non-hydrogen) atoms. The van der Waals surface area contributed by atoms with E-state index < -0.39 is 0 Å². The maximum absolute atomic E-state index is 7.39. The van der Waals surface area contributed by atoms with Crippen molar-refractivity contribution < 1.29 is 10.1 Å². The Morgan fingerprint density at radius 2 is 2.40 bits per heavy atom. The molecule has 0 aliphatic rings. The summed E-state index contributed by atoms with van der Waals surface area (Å²) in [7, 11) is 0. The van der Waals surface area contributed by atoms with Crippen LogP contribution in [-0.2, 0) is 4.89 Å². The highest BCUT2D eigenvalue weighted by atomic mass is 17.1. The third-order valence-corrected chi connectivity index (χ3v) is 0.148. The van der Waals surface area contributed by atoms with Crippen molar-refractivity contribution >= 4 is 0 Å². The minimum Gasteiger partial charge on any atom is -0.285 e. The van der Waals surface area contributed by atoms with Crippen molar-refractivity contribution in [2.45, 2.75) is 6.92 Å². The Morgan fingerprint density at radius 3 is 2.40 bits per heavy atom. The van der Waals surface area contributed by atoms with Crippen LogP contribution in [-0.4, -0.2) is 5.26 Å². The molecule has 0 aromatic carbocycles. The molecular formula is C3H4O2. The highest BCUT2D eigenvalue weighted by molar-refractivity contribution is 4.83. The van der Waals surface area contributed by atoms with Crippen molar-refractivity contribution in [2.75, 3.05) is 0 Å². The molecule has 0 rings (SSSR count). The molecular weight excluding hydrogens is 68.0 g/mol. The summed E-state index contributed by atoms with van der Waals surface area (Å²) in [6.07, 6.45) is 1.92. The van der Waals surface area contributed by atoms with Crippen LogP contribution in [0.1, 0.15) is 6.92 Å². The third kappa shape index (κ3) is 3.32. The van der Waals surface area contributed by atoms with E-state index in [9.17, 15) is 0 Å². The molecule has 0 amide bonds. The Morgan fingerprint density at radius 1 is 1.80 bits per heavy atom. The zero-order valence-electron chi connectivity index (χ0n) is 2.86. The quantitative estimate of drug-likeness (QED) is 0.256. The van der Waals surface area contributed by atoms with Gasteiger partial charge in [-0.05, 0) is 0 Å². The van der Waals surface area contributed by atoms with Gasteiger partial charge in [-0.2, -0.15) is 5.26 Å². The highest BCUT2D eigenvalue weighted by Gasteiger charge is 1.45. The molecule has 0 aliphatic heterocycles. The fraction of sp³-hybridized carbons (Fsp3) is 0.333. The van der Waals surface area contributed by atoms with E-state index >= 15 is 0 Å². The molecule has 0 saturated carbocycles. The second-order valence-electron chi connectivity index (χ2n) is 0.443. The summed E-state index contributed by atoms with van der Waals surface area (Å²) in [6, 6.07) is 0. The van der Waals surface area contributed by atoms with E-state index in [0.717, 1.165) is 0 Å². The van der Waals surface area contributed by atoms with Crippen molar-refractivity contribution in [3.8, 4) is 12.0 Å². The molecule has 0 atom stereocenters. The lowest BCUT2D eigenvalue weighted by Crippen LogP contribution is -1.61. The smallest absolute Gasteiger partial charge is 0.156 e. The van der Waals surface area contributed by atoms with Crippen molar-refractivity contribution in [1.82, 2.24) is 0 Å². The van der Waals surface area contributed by atoms with Gasteiger partial charge < -0.3 is 0 Å². The first kappa shape index (κ1) is 4.32. The summed E-state index contributed by atoms with van der Waals surface area (Å²) in [4.78, 5) is 3.33. The average Bonchev–Trinajstić information content (AvgIpc) is 1.41. The van der Waals surface area contributed by atoms with Crippen LogP contribution in [0.5, 0.6) is 0 Å². The highest BCUT2D eigenvalue weighted by Crippen LogP contribution is 1.48. The third-order valence-electron chi connectivity index (χ3n) is 0.148. The maximum atomic E-state index is 7.39. The van der Waals surface area contributed by atoms with E-state index in [0.29, 0.717) is 0 Å². The van der Waals surface area contributed by atoms with Gasteiger partial charge in [0.25, 0.3) is 0 Å². The Hall–Kier alpha value is -0.680. The molecule has 0 aromatic rings. The second-order valence-corrected chi connectivity index (χ2v) is 0.443. The zero-order chi connectivity index (χ0) is 4.12. The molecule has 0 unspecified atom stereocenters. The molecule has 1 N–H and O–H groups in total. The van der Waals surface area contributed by atoms with Crippen LogP contribution in [0, 0.1) is 12.0 Å². The number of hydrogen-bond acceptors (Lipinski definition) is 2. The largest absolute Gasteiger partial charge is 0.285 e. The Balaban J connectivity index is 2.81. The molecule has 0 aromatic heterocycles. The molecule has 0 saturated heterocycles. The first-order valence-corrected chi connectivity index (χ1v) is 1.14. The summed E-state index contributed by atoms with van der Waals surface area (Å²) in [5, 5.41) is 7.39. The van der Waals surface area contributed by atoms with Crippen molar-refractivity contribution in [2.24, 2.45) is 0 Å². The summed E-state index contributed by atoms with van der Waals surface area (Å²) >= 11 is 0. The molecule has 2 heteroatoms. The monoisotopic (exact) mass is 72.0 g/mol. The predicted molar refractivity (Wildman–Crippen MR) is 17.2 cm³/mol. The van der Waals surface area contributed by atoms with Crippen LogP contribution in [0.25, 0.3) is 0 Å². The lowest BCUT2D eigenvalue weighted by molar-refractivity contribution is -0.171. The first-order valence-electron chi connectivity index (χ1n) is 1.14. The van der Waals surface area contributed by atoms with Crippen LogP contribution in [0.3, 0.4) is 0 Å². The fourth-order valence-electron chi connectivity index (χ4n) is 0.0456. The topological polar surface area (TPSA) is 29.5 Å². The van der Waals surface area contributed by atoms with Gasteiger partial charge in [0.15, 0.2) is 6.11 Å². The van der Waals surface area contributed by atoms with Crippen LogP contribution in [0.2, 0.25) is 0 Å². The van der Waals surface area contributed by atoms with E-state index in [1.807, 2.05) is 6.11 Å². The van der Waals surface area contributed by atoms with Gasteiger partial charge in [0, 0.05) is 6.92 Å². The Labute approximate surface area is 30.3 Å². The zero-order valence-corrected chi connectivity index (χ0v) is 2.86. The molecule has 0 bridgehead atoms. The molecule has 0 fully saturated rings. The lowest BCUT2D eigenvalue weighted by atomic mass is 10.8.